The lowest BCUT2D eigenvalue weighted by atomic mass is 10.1. The molecule has 10 heavy (non-hydrogen) atoms. The van der Waals surface area contributed by atoms with Crippen LogP contribution in [0.3, 0.4) is 0 Å². The average Bonchev–Trinajstić information content (AvgIpc) is 1.60. The van der Waals surface area contributed by atoms with Gasteiger partial charge in [0.15, 0.2) is 0 Å². The van der Waals surface area contributed by atoms with Crippen molar-refractivity contribution in [1.29, 1.82) is 0 Å². The second-order valence-electron chi connectivity index (χ2n) is 3.72. The molecule has 0 radical (unpaired) electrons. The van der Waals surface area contributed by atoms with Gasteiger partial charge in [-0.1, -0.05) is 0 Å². The fourth-order valence-electron chi connectivity index (χ4n) is 0.585. The molecule has 0 aromatic carbocycles. The molecule has 0 N–H and O–H groups in total. The molecule has 0 atom stereocenters. The SMILES string of the molecule is CC(=NC(C)(C)C)N(C)C. The fourth-order valence-corrected chi connectivity index (χ4v) is 0.585. The van der Waals surface area contributed by atoms with E-state index < -0.39 is 0 Å². The van der Waals surface area contributed by atoms with E-state index >= 15 is 0 Å². The molecule has 0 heterocycles. The third kappa shape index (κ3) is 4.36. The molecule has 60 valence electrons. The summed E-state index contributed by atoms with van der Waals surface area (Å²) in [5, 5.41) is 0. The van der Waals surface area contributed by atoms with Crippen LogP contribution in [0, 0.1) is 0 Å². The largest absolute Gasteiger partial charge is 0.367 e. The molecule has 0 aliphatic carbocycles. The van der Waals surface area contributed by atoms with Gasteiger partial charge in [0.05, 0.1) is 11.4 Å². The first-order valence-corrected chi connectivity index (χ1v) is 3.57. The van der Waals surface area contributed by atoms with Gasteiger partial charge >= 0.3 is 0 Å². The Bertz CT molecular complexity index is 129. The zero-order chi connectivity index (χ0) is 8.36. The molecule has 0 fully saturated rings. The van der Waals surface area contributed by atoms with Gasteiger partial charge in [-0.2, -0.15) is 0 Å². The van der Waals surface area contributed by atoms with Gasteiger partial charge in [-0.05, 0) is 27.7 Å². The lowest BCUT2D eigenvalue weighted by Crippen LogP contribution is -2.23. The maximum Gasteiger partial charge on any atom is 0.0958 e. The molecule has 2 nitrogen and oxygen atoms in total. The average molecular weight is 142 g/mol. The Labute approximate surface area is 63.9 Å². The molecule has 0 amide bonds. The van der Waals surface area contributed by atoms with Crippen LogP contribution in [0.1, 0.15) is 27.7 Å². The highest BCUT2D eigenvalue weighted by Crippen LogP contribution is 2.06. The van der Waals surface area contributed by atoms with Crippen LogP contribution in [0.2, 0.25) is 0 Å². The summed E-state index contributed by atoms with van der Waals surface area (Å²) in [7, 11) is 4.01. The van der Waals surface area contributed by atoms with Crippen molar-refractivity contribution < 1.29 is 0 Å². The fraction of sp³-hybridized carbons (Fsp3) is 0.875. The number of hydrogen-bond donors (Lipinski definition) is 0. The van der Waals surface area contributed by atoms with Gasteiger partial charge in [0.2, 0.25) is 0 Å². The minimum atomic E-state index is 0.0500. The standard InChI is InChI=1S/C8H18N2/c1-7(10(5)6)9-8(2,3)4/h1-6H3. The van der Waals surface area contributed by atoms with E-state index in [1.54, 1.807) is 0 Å². The lowest BCUT2D eigenvalue weighted by Gasteiger charge is -2.18. The van der Waals surface area contributed by atoms with E-state index in [1.165, 1.54) is 0 Å². The number of aliphatic imine (C=N–C) groups is 1. The minimum absolute atomic E-state index is 0.0500. The summed E-state index contributed by atoms with van der Waals surface area (Å²) in [4.78, 5) is 6.47. The normalized spacial score (nSPS) is 13.6. The van der Waals surface area contributed by atoms with Gasteiger partial charge in [-0.15, -0.1) is 0 Å². The van der Waals surface area contributed by atoms with E-state index in [9.17, 15) is 0 Å². The van der Waals surface area contributed by atoms with E-state index in [1.807, 2.05) is 25.9 Å². The smallest absolute Gasteiger partial charge is 0.0958 e. The van der Waals surface area contributed by atoms with Crippen LogP contribution in [0.15, 0.2) is 4.99 Å². The second-order valence-corrected chi connectivity index (χ2v) is 3.72. The Hall–Kier alpha value is -0.530. The Morgan fingerprint density at radius 3 is 1.70 bits per heavy atom. The van der Waals surface area contributed by atoms with Gasteiger partial charge in [0.25, 0.3) is 0 Å². The van der Waals surface area contributed by atoms with Crippen molar-refractivity contribution in [3.63, 3.8) is 0 Å². The van der Waals surface area contributed by atoms with Crippen molar-refractivity contribution >= 4 is 5.84 Å². The molecule has 0 aliphatic rings. The van der Waals surface area contributed by atoms with Gasteiger partial charge in [-0.25, -0.2) is 0 Å². The molecule has 0 unspecified atom stereocenters. The van der Waals surface area contributed by atoms with E-state index in [0.717, 1.165) is 5.84 Å². The Balaban J connectivity index is 4.17. The number of amidine groups is 1. The highest BCUT2D eigenvalue weighted by molar-refractivity contribution is 5.79. The first-order chi connectivity index (χ1) is 4.33. The molecule has 0 saturated heterocycles. The zero-order valence-corrected chi connectivity index (χ0v) is 7.89. The van der Waals surface area contributed by atoms with Crippen LogP contribution in [0.4, 0.5) is 0 Å². The molecule has 0 saturated carbocycles. The van der Waals surface area contributed by atoms with E-state index in [4.69, 9.17) is 0 Å². The summed E-state index contributed by atoms with van der Waals surface area (Å²) in [5.41, 5.74) is 0.0500. The van der Waals surface area contributed by atoms with Crippen molar-refractivity contribution in [2.75, 3.05) is 14.1 Å². The van der Waals surface area contributed by atoms with Crippen LogP contribution in [-0.4, -0.2) is 30.4 Å². The topological polar surface area (TPSA) is 15.6 Å². The Kier molecular flexibility index (Phi) is 2.88. The molecule has 0 bridgehead atoms. The van der Waals surface area contributed by atoms with Crippen molar-refractivity contribution in [1.82, 2.24) is 4.90 Å². The molecule has 2 heteroatoms. The highest BCUT2D eigenvalue weighted by Gasteiger charge is 2.07. The van der Waals surface area contributed by atoms with Gasteiger partial charge in [0.1, 0.15) is 0 Å². The Morgan fingerprint density at radius 1 is 1.20 bits per heavy atom. The quantitative estimate of drug-likeness (QED) is 0.372. The summed E-state index contributed by atoms with van der Waals surface area (Å²) >= 11 is 0. The number of hydrogen-bond acceptors (Lipinski definition) is 1. The molecular formula is C8H18N2. The maximum atomic E-state index is 4.45. The predicted octanol–water partition coefficient (Wildman–Crippen LogP) is 1.76. The predicted molar refractivity (Wildman–Crippen MR) is 46.5 cm³/mol. The number of rotatable bonds is 0. The van der Waals surface area contributed by atoms with Crippen molar-refractivity contribution in [2.24, 2.45) is 4.99 Å². The van der Waals surface area contributed by atoms with Gasteiger partial charge < -0.3 is 4.90 Å². The van der Waals surface area contributed by atoms with E-state index in [2.05, 4.69) is 25.8 Å². The van der Waals surface area contributed by atoms with Crippen LogP contribution in [-0.2, 0) is 0 Å². The lowest BCUT2D eigenvalue weighted by molar-refractivity contribution is 0.545. The summed E-state index contributed by atoms with van der Waals surface area (Å²) < 4.78 is 0. The van der Waals surface area contributed by atoms with Crippen LogP contribution < -0.4 is 0 Å². The first kappa shape index (κ1) is 9.47. The summed E-state index contributed by atoms with van der Waals surface area (Å²) in [6.45, 7) is 8.31. The summed E-state index contributed by atoms with van der Waals surface area (Å²) in [5.74, 6) is 1.08. The molecule has 0 aliphatic heterocycles. The van der Waals surface area contributed by atoms with Gasteiger partial charge in [-0.3, -0.25) is 4.99 Å². The highest BCUT2D eigenvalue weighted by atomic mass is 15.1. The molecular weight excluding hydrogens is 124 g/mol. The van der Waals surface area contributed by atoms with Crippen LogP contribution in [0.25, 0.3) is 0 Å². The first-order valence-electron chi connectivity index (χ1n) is 3.57. The number of nitrogens with zero attached hydrogens (tertiary/aromatic N) is 2. The molecule has 0 rings (SSSR count). The summed E-state index contributed by atoms with van der Waals surface area (Å²) in [6, 6.07) is 0. The summed E-state index contributed by atoms with van der Waals surface area (Å²) in [6.07, 6.45) is 0. The van der Waals surface area contributed by atoms with Crippen LogP contribution in [0.5, 0.6) is 0 Å². The third-order valence-corrected chi connectivity index (χ3v) is 1.14. The van der Waals surface area contributed by atoms with Crippen LogP contribution >= 0.6 is 0 Å². The van der Waals surface area contributed by atoms with Crippen molar-refractivity contribution in [3.8, 4) is 0 Å². The molecule has 0 aromatic rings. The molecule has 0 aromatic heterocycles. The molecule has 0 spiro atoms. The minimum Gasteiger partial charge on any atom is -0.367 e. The van der Waals surface area contributed by atoms with Crippen molar-refractivity contribution in [2.45, 2.75) is 33.2 Å². The van der Waals surface area contributed by atoms with E-state index in [-0.39, 0.29) is 5.54 Å². The monoisotopic (exact) mass is 142 g/mol. The van der Waals surface area contributed by atoms with Crippen molar-refractivity contribution in [3.05, 3.63) is 0 Å². The third-order valence-electron chi connectivity index (χ3n) is 1.14. The van der Waals surface area contributed by atoms with E-state index in [0.29, 0.717) is 0 Å². The maximum absolute atomic E-state index is 4.45. The Morgan fingerprint density at radius 2 is 1.60 bits per heavy atom. The second kappa shape index (κ2) is 3.04. The van der Waals surface area contributed by atoms with Gasteiger partial charge in [0, 0.05) is 14.1 Å². The zero-order valence-electron chi connectivity index (χ0n) is 7.89.